The van der Waals surface area contributed by atoms with E-state index in [9.17, 15) is 14.4 Å². The van der Waals surface area contributed by atoms with Crippen molar-refractivity contribution in [3.63, 3.8) is 0 Å². The van der Waals surface area contributed by atoms with Crippen molar-refractivity contribution in [2.24, 2.45) is 5.92 Å². The molecule has 5 nitrogen and oxygen atoms in total. The fraction of sp³-hybridized carbons (Fsp3) is 0.471. The Morgan fingerprint density at radius 1 is 1.09 bits per heavy atom. The van der Waals surface area contributed by atoms with Crippen molar-refractivity contribution in [2.75, 3.05) is 5.32 Å². The highest BCUT2D eigenvalue weighted by Crippen LogP contribution is 2.28. The van der Waals surface area contributed by atoms with Gasteiger partial charge in [0.1, 0.15) is 6.04 Å². The standard InChI is InChI=1S/C17H22N2O3/c1-11(20)14-9-5-6-10-15(14)19-17(22)16(18-12(2)21)13-7-3-4-8-13/h5-6,9-10,13,16H,3-4,7-8H2,1-2H3,(H,18,21)(H,19,22)/t16-/m1/s1. The molecule has 0 radical (unpaired) electrons. The van der Waals surface area contributed by atoms with Crippen LogP contribution in [0.2, 0.25) is 0 Å². The number of para-hydroxylation sites is 1. The average Bonchev–Trinajstić information content (AvgIpc) is 2.98. The maximum atomic E-state index is 12.6. The number of Topliss-reactive ketones (excluding diaryl/α,β-unsaturated/α-hetero) is 1. The Labute approximate surface area is 130 Å². The van der Waals surface area contributed by atoms with Crippen molar-refractivity contribution in [1.29, 1.82) is 0 Å². The van der Waals surface area contributed by atoms with Crippen LogP contribution in [0.4, 0.5) is 5.69 Å². The highest BCUT2D eigenvalue weighted by molar-refractivity contribution is 6.05. The fourth-order valence-electron chi connectivity index (χ4n) is 3.02. The molecule has 0 unspecified atom stereocenters. The predicted molar refractivity (Wildman–Crippen MR) is 84.6 cm³/mol. The third kappa shape index (κ3) is 3.93. The maximum Gasteiger partial charge on any atom is 0.247 e. The first-order chi connectivity index (χ1) is 10.5. The molecule has 1 aromatic carbocycles. The van der Waals surface area contributed by atoms with E-state index in [4.69, 9.17) is 0 Å². The summed E-state index contributed by atoms with van der Waals surface area (Å²) in [5, 5.41) is 5.55. The number of carbonyl (C=O) groups excluding carboxylic acids is 3. The lowest BCUT2D eigenvalue weighted by molar-refractivity contribution is -0.126. The van der Waals surface area contributed by atoms with E-state index in [0.717, 1.165) is 25.7 Å². The molecule has 1 aromatic rings. The minimum absolute atomic E-state index is 0.104. The molecule has 0 spiro atoms. The lowest BCUT2D eigenvalue weighted by Gasteiger charge is -2.23. The zero-order valence-electron chi connectivity index (χ0n) is 13.0. The second-order valence-corrected chi connectivity index (χ2v) is 5.81. The second kappa shape index (κ2) is 7.20. The van der Waals surface area contributed by atoms with Gasteiger partial charge in [0.25, 0.3) is 0 Å². The molecule has 1 aliphatic rings. The van der Waals surface area contributed by atoms with E-state index in [1.54, 1.807) is 24.3 Å². The zero-order chi connectivity index (χ0) is 16.1. The van der Waals surface area contributed by atoms with Gasteiger partial charge in [-0.15, -0.1) is 0 Å². The van der Waals surface area contributed by atoms with E-state index in [2.05, 4.69) is 10.6 Å². The van der Waals surface area contributed by atoms with Gasteiger partial charge in [0.15, 0.2) is 5.78 Å². The van der Waals surface area contributed by atoms with Gasteiger partial charge in [-0.3, -0.25) is 14.4 Å². The van der Waals surface area contributed by atoms with Crippen molar-refractivity contribution < 1.29 is 14.4 Å². The zero-order valence-corrected chi connectivity index (χ0v) is 13.0. The van der Waals surface area contributed by atoms with Crippen LogP contribution in [0.1, 0.15) is 49.9 Å². The largest absolute Gasteiger partial charge is 0.344 e. The number of hydrogen-bond donors (Lipinski definition) is 2. The topological polar surface area (TPSA) is 75.3 Å². The average molecular weight is 302 g/mol. The van der Waals surface area contributed by atoms with E-state index in [1.165, 1.54) is 13.8 Å². The quantitative estimate of drug-likeness (QED) is 0.821. The molecule has 118 valence electrons. The molecule has 2 N–H and O–H groups in total. The first kappa shape index (κ1) is 16.2. The molecule has 1 fully saturated rings. The summed E-state index contributed by atoms with van der Waals surface area (Å²) in [7, 11) is 0. The normalized spacial score (nSPS) is 16.1. The molecule has 1 atom stereocenters. The van der Waals surface area contributed by atoms with Crippen LogP contribution in [-0.4, -0.2) is 23.6 Å². The van der Waals surface area contributed by atoms with Gasteiger partial charge >= 0.3 is 0 Å². The Morgan fingerprint density at radius 3 is 2.32 bits per heavy atom. The minimum atomic E-state index is -0.542. The van der Waals surface area contributed by atoms with Crippen LogP contribution in [0, 0.1) is 5.92 Å². The van der Waals surface area contributed by atoms with Gasteiger partial charge in [-0.2, -0.15) is 0 Å². The molecule has 1 saturated carbocycles. The van der Waals surface area contributed by atoms with E-state index in [0.29, 0.717) is 11.3 Å². The number of hydrogen-bond acceptors (Lipinski definition) is 3. The van der Waals surface area contributed by atoms with Gasteiger partial charge in [-0.05, 0) is 37.8 Å². The molecule has 0 saturated heterocycles. The van der Waals surface area contributed by atoms with E-state index < -0.39 is 6.04 Å². The molecule has 0 bridgehead atoms. The number of benzene rings is 1. The highest BCUT2D eigenvalue weighted by atomic mass is 16.2. The molecule has 0 heterocycles. The molecule has 1 aliphatic carbocycles. The first-order valence-corrected chi connectivity index (χ1v) is 7.67. The van der Waals surface area contributed by atoms with Crippen LogP contribution < -0.4 is 10.6 Å². The predicted octanol–water partition coefficient (Wildman–Crippen LogP) is 2.52. The fourth-order valence-corrected chi connectivity index (χ4v) is 3.02. The van der Waals surface area contributed by atoms with Crippen molar-refractivity contribution in [2.45, 2.75) is 45.6 Å². The van der Waals surface area contributed by atoms with Gasteiger partial charge in [0, 0.05) is 12.5 Å². The van der Waals surface area contributed by atoms with Gasteiger partial charge in [0.2, 0.25) is 11.8 Å². The minimum Gasteiger partial charge on any atom is -0.344 e. The summed E-state index contributed by atoms with van der Waals surface area (Å²) in [4.78, 5) is 35.6. The molecule has 0 aliphatic heterocycles. The Bertz CT molecular complexity index is 577. The van der Waals surface area contributed by atoms with E-state index >= 15 is 0 Å². The number of carbonyl (C=O) groups is 3. The lowest BCUT2D eigenvalue weighted by atomic mass is 9.97. The van der Waals surface area contributed by atoms with Gasteiger partial charge in [-0.25, -0.2) is 0 Å². The molecule has 2 rings (SSSR count). The Hall–Kier alpha value is -2.17. The summed E-state index contributed by atoms with van der Waals surface area (Å²) >= 11 is 0. The van der Waals surface area contributed by atoms with Gasteiger partial charge in [-0.1, -0.05) is 25.0 Å². The maximum absolute atomic E-state index is 12.6. The van der Waals surface area contributed by atoms with Crippen LogP contribution in [0.3, 0.4) is 0 Å². The summed E-state index contributed by atoms with van der Waals surface area (Å²) in [6.45, 7) is 2.88. The van der Waals surface area contributed by atoms with Crippen LogP contribution in [-0.2, 0) is 9.59 Å². The Kier molecular flexibility index (Phi) is 5.31. The number of amides is 2. The third-order valence-corrected chi connectivity index (χ3v) is 4.08. The lowest BCUT2D eigenvalue weighted by Crippen LogP contribution is -2.47. The SMILES string of the molecule is CC(=O)N[C@@H](C(=O)Nc1ccccc1C(C)=O)C1CCCC1. The summed E-state index contributed by atoms with van der Waals surface area (Å²) in [5.41, 5.74) is 0.970. The van der Waals surface area contributed by atoms with E-state index in [1.807, 2.05) is 0 Å². The van der Waals surface area contributed by atoms with E-state index in [-0.39, 0.29) is 23.5 Å². The smallest absolute Gasteiger partial charge is 0.247 e. The Balaban J connectivity index is 2.17. The number of nitrogens with one attached hydrogen (secondary N) is 2. The summed E-state index contributed by atoms with van der Waals surface area (Å²) in [5.74, 6) is -0.413. The second-order valence-electron chi connectivity index (χ2n) is 5.81. The van der Waals surface area contributed by atoms with Crippen LogP contribution in [0.5, 0.6) is 0 Å². The summed E-state index contributed by atoms with van der Waals surface area (Å²) in [6.07, 6.45) is 4.04. The molecule has 0 aromatic heterocycles. The van der Waals surface area contributed by atoms with Gasteiger partial charge < -0.3 is 10.6 Å². The highest BCUT2D eigenvalue weighted by Gasteiger charge is 2.31. The molecule has 5 heteroatoms. The molecule has 22 heavy (non-hydrogen) atoms. The Morgan fingerprint density at radius 2 is 1.73 bits per heavy atom. The van der Waals surface area contributed by atoms with Crippen molar-refractivity contribution in [1.82, 2.24) is 5.32 Å². The number of ketones is 1. The van der Waals surface area contributed by atoms with Crippen LogP contribution in [0.25, 0.3) is 0 Å². The third-order valence-electron chi connectivity index (χ3n) is 4.08. The van der Waals surface area contributed by atoms with Crippen molar-refractivity contribution in [3.05, 3.63) is 29.8 Å². The molecule has 2 amide bonds. The first-order valence-electron chi connectivity index (χ1n) is 7.67. The summed E-state index contributed by atoms with van der Waals surface area (Å²) in [6, 6.07) is 6.37. The van der Waals surface area contributed by atoms with Crippen molar-refractivity contribution >= 4 is 23.3 Å². The van der Waals surface area contributed by atoms with Gasteiger partial charge in [0.05, 0.1) is 5.69 Å². The van der Waals surface area contributed by atoms with Crippen LogP contribution in [0.15, 0.2) is 24.3 Å². The van der Waals surface area contributed by atoms with Crippen LogP contribution >= 0.6 is 0 Å². The molecular weight excluding hydrogens is 280 g/mol. The monoisotopic (exact) mass is 302 g/mol. The molecular formula is C17H22N2O3. The van der Waals surface area contributed by atoms with Crippen molar-refractivity contribution in [3.8, 4) is 0 Å². The number of anilines is 1. The summed E-state index contributed by atoms with van der Waals surface area (Å²) < 4.78 is 0. The number of rotatable bonds is 5.